The SMILES string of the molecule is C/C=C\C.C=C.C=C(C)C1(c2ccccc2)Oc2cc(-c3ccc(F)cc3)cc(C(=O)N=O)c2O1. The summed E-state index contributed by atoms with van der Waals surface area (Å²) in [6.07, 6.45) is 4.00. The number of rotatable bonds is 4. The lowest BCUT2D eigenvalue weighted by molar-refractivity contribution is -0.0495. The number of nitrogens with zero attached hydrogens (tertiary/aromatic N) is 1. The number of halogens is 1. The zero-order valence-electron chi connectivity index (χ0n) is 20.1. The first-order valence-corrected chi connectivity index (χ1v) is 10.8. The van der Waals surface area contributed by atoms with Gasteiger partial charge in [0.2, 0.25) is 0 Å². The standard InChI is InChI=1S/C23H16FNO4.C4H8.C2H4/c1-14(2)23(17-6-4-3-5-7-17)28-20-13-16(15-8-10-18(24)11-9-15)12-19(21(20)29-23)22(26)25-27;1-3-4-2;1-2/h3-13H,1H2,2H3;3-4H,1-2H3;1-2H2/b;4-3-;. The molecule has 0 aromatic heterocycles. The zero-order valence-corrected chi connectivity index (χ0v) is 20.1. The fraction of sp³-hybridized carbons (Fsp3) is 0.138. The highest BCUT2D eigenvalue weighted by atomic mass is 19.1. The fourth-order valence-corrected chi connectivity index (χ4v) is 3.32. The van der Waals surface area contributed by atoms with E-state index in [0.29, 0.717) is 22.3 Å². The molecule has 180 valence electrons. The van der Waals surface area contributed by atoms with Crippen molar-refractivity contribution < 1.29 is 18.7 Å². The number of ether oxygens (including phenoxy) is 2. The molecule has 4 rings (SSSR count). The molecular formula is C29H28FNO4. The van der Waals surface area contributed by atoms with Crippen molar-refractivity contribution in [1.82, 2.24) is 0 Å². The predicted octanol–water partition coefficient (Wildman–Crippen LogP) is 7.98. The van der Waals surface area contributed by atoms with Crippen LogP contribution in [0.5, 0.6) is 11.5 Å². The van der Waals surface area contributed by atoms with Gasteiger partial charge < -0.3 is 9.47 Å². The van der Waals surface area contributed by atoms with E-state index >= 15 is 0 Å². The first-order valence-electron chi connectivity index (χ1n) is 10.8. The number of hydrogen-bond donors (Lipinski definition) is 0. The van der Waals surface area contributed by atoms with Gasteiger partial charge in [-0.15, -0.1) is 18.1 Å². The molecule has 0 radical (unpaired) electrons. The third kappa shape index (κ3) is 5.79. The first-order chi connectivity index (χ1) is 16.9. The largest absolute Gasteiger partial charge is 0.441 e. The van der Waals surface area contributed by atoms with Gasteiger partial charge in [0.05, 0.1) is 5.56 Å². The second-order valence-electron chi connectivity index (χ2n) is 7.39. The molecule has 3 aromatic carbocycles. The molecule has 35 heavy (non-hydrogen) atoms. The number of allylic oxidation sites excluding steroid dienone is 2. The molecule has 1 aliphatic rings. The van der Waals surface area contributed by atoms with E-state index < -0.39 is 11.7 Å². The highest BCUT2D eigenvalue weighted by Gasteiger charge is 2.46. The van der Waals surface area contributed by atoms with Gasteiger partial charge in [0.1, 0.15) is 5.82 Å². The molecule has 0 saturated heterocycles. The van der Waals surface area contributed by atoms with Crippen molar-refractivity contribution >= 4 is 5.91 Å². The van der Waals surface area contributed by atoms with E-state index in [9.17, 15) is 14.1 Å². The molecule has 1 amide bonds. The average molecular weight is 474 g/mol. The van der Waals surface area contributed by atoms with Crippen molar-refractivity contribution in [3.05, 3.63) is 126 Å². The fourth-order valence-electron chi connectivity index (χ4n) is 3.32. The van der Waals surface area contributed by atoms with Crippen molar-refractivity contribution in [1.29, 1.82) is 0 Å². The summed E-state index contributed by atoms with van der Waals surface area (Å²) in [6.45, 7) is 15.7. The number of carbonyl (C=O) groups is 1. The van der Waals surface area contributed by atoms with Crippen LogP contribution < -0.4 is 9.47 Å². The van der Waals surface area contributed by atoms with E-state index in [2.05, 4.69) is 24.9 Å². The van der Waals surface area contributed by atoms with E-state index in [1.54, 1.807) is 25.1 Å². The summed E-state index contributed by atoms with van der Waals surface area (Å²) >= 11 is 0. The molecule has 1 unspecified atom stereocenters. The molecule has 1 aliphatic heterocycles. The molecule has 1 heterocycles. The van der Waals surface area contributed by atoms with Crippen LogP contribution in [0.2, 0.25) is 0 Å². The van der Waals surface area contributed by atoms with Crippen LogP contribution in [0.3, 0.4) is 0 Å². The summed E-state index contributed by atoms with van der Waals surface area (Å²) in [6, 6.07) is 18.1. The van der Waals surface area contributed by atoms with Gasteiger partial charge in [-0.1, -0.05) is 61.2 Å². The molecule has 0 saturated carbocycles. The molecule has 0 bridgehead atoms. The van der Waals surface area contributed by atoms with Gasteiger partial charge in [-0.05, 0) is 56.2 Å². The Morgan fingerprint density at radius 3 is 2.06 bits per heavy atom. The van der Waals surface area contributed by atoms with Gasteiger partial charge in [0.25, 0.3) is 0 Å². The average Bonchev–Trinajstić information content (AvgIpc) is 3.31. The van der Waals surface area contributed by atoms with Crippen LogP contribution in [-0.2, 0) is 5.79 Å². The van der Waals surface area contributed by atoms with Gasteiger partial charge >= 0.3 is 11.7 Å². The summed E-state index contributed by atoms with van der Waals surface area (Å²) in [4.78, 5) is 23.2. The third-order valence-electron chi connectivity index (χ3n) is 5.09. The van der Waals surface area contributed by atoms with Crippen molar-refractivity contribution in [3.63, 3.8) is 0 Å². The van der Waals surface area contributed by atoms with Crippen LogP contribution in [0.15, 0.2) is 109 Å². The van der Waals surface area contributed by atoms with Crippen molar-refractivity contribution in [3.8, 4) is 22.6 Å². The number of nitroso groups, excluding NO2 is 1. The van der Waals surface area contributed by atoms with Crippen LogP contribution in [-0.4, -0.2) is 5.91 Å². The lowest BCUT2D eigenvalue weighted by atomic mass is 9.99. The van der Waals surface area contributed by atoms with Crippen LogP contribution in [0.25, 0.3) is 11.1 Å². The Hall–Kier alpha value is -4.32. The Balaban J connectivity index is 0.000000655. The molecule has 1 atom stereocenters. The van der Waals surface area contributed by atoms with Gasteiger partial charge in [-0.3, -0.25) is 4.79 Å². The van der Waals surface area contributed by atoms with Gasteiger partial charge in [0.15, 0.2) is 11.5 Å². The summed E-state index contributed by atoms with van der Waals surface area (Å²) in [7, 11) is 0. The molecular weight excluding hydrogens is 445 g/mol. The van der Waals surface area contributed by atoms with Crippen LogP contribution in [0.1, 0.15) is 36.7 Å². The van der Waals surface area contributed by atoms with E-state index in [-0.39, 0.29) is 22.9 Å². The maximum Gasteiger partial charge on any atom is 0.320 e. The molecule has 0 spiro atoms. The summed E-state index contributed by atoms with van der Waals surface area (Å²) in [5.41, 5.74) is 2.41. The minimum Gasteiger partial charge on any atom is -0.441 e. The lowest BCUT2D eigenvalue weighted by Gasteiger charge is -2.28. The monoisotopic (exact) mass is 473 g/mol. The summed E-state index contributed by atoms with van der Waals surface area (Å²) in [5, 5.41) is 2.54. The molecule has 0 aliphatic carbocycles. The van der Waals surface area contributed by atoms with Gasteiger partial charge in [0, 0.05) is 16.3 Å². The number of benzene rings is 3. The summed E-state index contributed by atoms with van der Waals surface area (Å²) in [5.74, 6) is -2.33. The van der Waals surface area contributed by atoms with Crippen molar-refractivity contribution in [2.24, 2.45) is 5.18 Å². The molecule has 3 aromatic rings. The summed E-state index contributed by atoms with van der Waals surface area (Å²) < 4.78 is 25.6. The molecule has 0 N–H and O–H groups in total. The smallest absolute Gasteiger partial charge is 0.320 e. The highest BCUT2D eigenvalue weighted by molar-refractivity contribution is 6.00. The number of carbonyl (C=O) groups excluding carboxylic acids is 1. The maximum absolute atomic E-state index is 13.3. The van der Waals surface area contributed by atoms with Crippen LogP contribution >= 0.6 is 0 Å². The van der Waals surface area contributed by atoms with Gasteiger partial charge in [-0.2, -0.15) is 0 Å². The minimum atomic E-state index is -1.34. The molecule has 0 fully saturated rings. The second kappa shape index (κ2) is 12.2. The Morgan fingerprint density at radius 1 is 0.943 bits per heavy atom. The van der Waals surface area contributed by atoms with Crippen molar-refractivity contribution in [2.75, 3.05) is 0 Å². The third-order valence-corrected chi connectivity index (χ3v) is 5.09. The topological polar surface area (TPSA) is 65.0 Å². The van der Waals surface area contributed by atoms with Gasteiger partial charge in [-0.25, -0.2) is 4.39 Å². The Kier molecular flexibility index (Phi) is 9.41. The number of hydrogen-bond acceptors (Lipinski definition) is 4. The lowest BCUT2D eigenvalue weighted by Crippen LogP contribution is -2.36. The highest BCUT2D eigenvalue weighted by Crippen LogP contribution is 2.50. The van der Waals surface area contributed by atoms with E-state index in [4.69, 9.17) is 9.47 Å². The predicted molar refractivity (Wildman–Crippen MR) is 138 cm³/mol. The zero-order chi connectivity index (χ0) is 26.0. The van der Waals surface area contributed by atoms with Crippen LogP contribution in [0.4, 0.5) is 4.39 Å². The van der Waals surface area contributed by atoms with E-state index in [0.717, 1.165) is 0 Å². The van der Waals surface area contributed by atoms with Crippen molar-refractivity contribution in [2.45, 2.75) is 26.6 Å². The quantitative estimate of drug-likeness (QED) is 0.285. The molecule has 5 nitrogen and oxygen atoms in total. The normalized spacial score (nSPS) is 15.3. The van der Waals surface area contributed by atoms with Crippen LogP contribution in [0, 0.1) is 10.7 Å². The minimum absolute atomic E-state index is 0.0316. The van der Waals surface area contributed by atoms with E-state index in [1.807, 2.05) is 56.3 Å². The van der Waals surface area contributed by atoms with E-state index in [1.165, 1.54) is 18.2 Å². The second-order valence-corrected chi connectivity index (χ2v) is 7.39. The number of amides is 1. The Bertz CT molecular complexity index is 1220. The Labute approximate surface area is 205 Å². The first kappa shape index (κ1) is 26.9. The molecule has 6 heteroatoms. The number of fused-ring (bicyclic) bond motifs is 1. The maximum atomic E-state index is 13.3. The Morgan fingerprint density at radius 2 is 1.54 bits per heavy atom.